The zero-order valence-corrected chi connectivity index (χ0v) is 14.3. The van der Waals surface area contributed by atoms with Crippen LogP contribution in [0.4, 0.5) is 0 Å². The van der Waals surface area contributed by atoms with Gasteiger partial charge in [-0.1, -0.05) is 52.0 Å². The average Bonchev–Trinajstić information content (AvgIpc) is 2.53. The second kappa shape index (κ2) is 5.56. The lowest BCUT2D eigenvalue weighted by atomic mass is 10.3. The Kier molecular flexibility index (Phi) is 3.57. The molecular weight excluding hydrogens is 360 g/mol. The first-order chi connectivity index (χ1) is 10.3. The Morgan fingerprint density at radius 1 is 0.667 bits per heavy atom. The highest BCUT2D eigenvalue weighted by molar-refractivity contribution is 9.10. The zero-order valence-electron chi connectivity index (χ0n) is 11.1. The summed E-state index contributed by atoms with van der Waals surface area (Å²) in [6.07, 6.45) is 0. The number of hydrogen-bond acceptors (Lipinski definition) is 1. The molecule has 4 rings (SSSR count). The predicted octanol–water partition coefficient (Wildman–Crippen LogP) is 6.01. The Morgan fingerprint density at radius 3 is 1.76 bits per heavy atom. The summed E-state index contributed by atoms with van der Waals surface area (Å²) in [6.45, 7) is 0. The Hall–Kier alpha value is -1.16. The summed E-state index contributed by atoms with van der Waals surface area (Å²) < 4.78 is 1.13. The van der Waals surface area contributed by atoms with E-state index in [2.05, 4.69) is 88.7 Å². The molecule has 3 aromatic rings. The summed E-state index contributed by atoms with van der Waals surface area (Å²) in [4.78, 5) is 7.00. The normalized spacial score (nSPS) is 13.6. The Labute approximate surface area is 140 Å². The minimum atomic E-state index is -0.00785. The molecule has 0 radical (unpaired) electrons. The number of benzene rings is 3. The molecule has 1 heterocycles. The fraction of sp³-hybridized carbons (Fsp3) is 0. The van der Waals surface area contributed by atoms with Crippen LogP contribution in [-0.4, -0.2) is 0 Å². The van der Waals surface area contributed by atoms with Crippen LogP contribution in [0.5, 0.6) is 0 Å². The van der Waals surface area contributed by atoms with E-state index >= 15 is 0 Å². The first kappa shape index (κ1) is 13.5. The van der Waals surface area contributed by atoms with Gasteiger partial charge in [-0.05, 0) is 48.5 Å². The Balaban J connectivity index is 1.95. The van der Waals surface area contributed by atoms with Gasteiger partial charge in [-0.2, -0.15) is 0 Å². The quantitative estimate of drug-likeness (QED) is 0.369. The van der Waals surface area contributed by atoms with Crippen LogP contribution in [0.1, 0.15) is 0 Å². The van der Waals surface area contributed by atoms with Gasteiger partial charge in [-0.25, -0.2) is 0 Å². The maximum Gasteiger partial charge on any atom is 0.180 e. The molecule has 1 aliphatic rings. The van der Waals surface area contributed by atoms with Gasteiger partial charge in [0.1, 0.15) is 10.9 Å². The van der Waals surface area contributed by atoms with Gasteiger partial charge in [0, 0.05) is 4.47 Å². The van der Waals surface area contributed by atoms with Crippen molar-refractivity contribution in [1.29, 1.82) is 0 Å². The third kappa shape index (κ3) is 2.44. The standard InChI is InChI=1S/C18H12BrS2/c19-13-9-11-14(12-10-13)21-17-7-3-1-5-15(17)20-16-6-2-4-8-18(16)21/h1-12H/q+1. The highest BCUT2D eigenvalue weighted by Gasteiger charge is 2.37. The van der Waals surface area contributed by atoms with Gasteiger partial charge in [0.25, 0.3) is 0 Å². The molecule has 0 N–H and O–H groups in total. The molecule has 0 aromatic heterocycles. The molecule has 0 aliphatic carbocycles. The molecule has 3 heteroatoms. The average molecular weight is 372 g/mol. The van der Waals surface area contributed by atoms with Gasteiger partial charge in [0.05, 0.1) is 9.79 Å². The molecular formula is C18H12BrS2+. The zero-order chi connectivity index (χ0) is 14.2. The minimum Gasteiger partial charge on any atom is -0.0795 e. The van der Waals surface area contributed by atoms with Crippen LogP contribution in [-0.2, 0) is 10.9 Å². The molecule has 0 saturated carbocycles. The molecule has 0 bridgehead atoms. The van der Waals surface area contributed by atoms with Crippen LogP contribution in [0.2, 0.25) is 0 Å². The van der Waals surface area contributed by atoms with E-state index in [0.29, 0.717) is 0 Å². The maximum absolute atomic E-state index is 3.53. The lowest BCUT2D eigenvalue weighted by Gasteiger charge is -2.18. The van der Waals surface area contributed by atoms with E-state index in [-0.39, 0.29) is 10.9 Å². The molecule has 0 fully saturated rings. The smallest absolute Gasteiger partial charge is 0.0795 e. The highest BCUT2D eigenvalue weighted by Crippen LogP contribution is 2.47. The third-order valence-corrected chi connectivity index (χ3v) is 7.68. The molecule has 0 spiro atoms. The molecule has 0 atom stereocenters. The summed E-state index contributed by atoms with van der Waals surface area (Å²) in [5, 5.41) is 0. The fourth-order valence-corrected chi connectivity index (χ4v) is 6.47. The molecule has 0 saturated heterocycles. The van der Waals surface area contributed by atoms with Crippen LogP contribution in [0.25, 0.3) is 0 Å². The van der Waals surface area contributed by atoms with Crippen LogP contribution in [0, 0.1) is 0 Å². The third-order valence-electron chi connectivity index (χ3n) is 3.41. The predicted molar refractivity (Wildman–Crippen MR) is 93.3 cm³/mol. The van der Waals surface area contributed by atoms with Crippen molar-refractivity contribution < 1.29 is 0 Å². The van der Waals surface area contributed by atoms with E-state index in [9.17, 15) is 0 Å². The van der Waals surface area contributed by atoms with Crippen molar-refractivity contribution in [3.63, 3.8) is 0 Å². The van der Waals surface area contributed by atoms with Crippen molar-refractivity contribution in [3.8, 4) is 0 Å². The van der Waals surface area contributed by atoms with Crippen molar-refractivity contribution in [2.75, 3.05) is 0 Å². The van der Waals surface area contributed by atoms with Gasteiger partial charge in [-0.3, -0.25) is 0 Å². The number of halogens is 1. The van der Waals surface area contributed by atoms with E-state index in [1.807, 2.05) is 11.8 Å². The van der Waals surface area contributed by atoms with Crippen molar-refractivity contribution in [2.24, 2.45) is 0 Å². The molecule has 0 amide bonds. The summed E-state index contributed by atoms with van der Waals surface area (Å²) >= 11 is 5.41. The van der Waals surface area contributed by atoms with Crippen molar-refractivity contribution in [2.45, 2.75) is 24.5 Å². The summed E-state index contributed by atoms with van der Waals surface area (Å²) in [5.74, 6) is 0. The second-order valence-electron chi connectivity index (χ2n) is 4.76. The van der Waals surface area contributed by atoms with Crippen LogP contribution < -0.4 is 0 Å². The summed E-state index contributed by atoms with van der Waals surface area (Å²) in [7, 11) is -0.00785. The van der Waals surface area contributed by atoms with Gasteiger partial charge < -0.3 is 0 Å². The van der Waals surface area contributed by atoms with Gasteiger partial charge >= 0.3 is 0 Å². The van der Waals surface area contributed by atoms with E-state index in [0.717, 1.165) is 4.47 Å². The number of rotatable bonds is 1. The summed E-state index contributed by atoms with van der Waals surface area (Å²) in [6, 6.07) is 26.3. The van der Waals surface area contributed by atoms with Crippen LogP contribution in [0.3, 0.4) is 0 Å². The topological polar surface area (TPSA) is 0 Å². The molecule has 21 heavy (non-hydrogen) atoms. The minimum absolute atomic E-state index is 0.00785. The van der Waals surface area contributed by atoms with Crippen molar-refractivity contribution in [1.82, 2.24) is 0 Å². The van der Waals surface area contributed by atoms with Crippen molar-refractivity contribution in [3.05, 3.63) is 77.3 Å². The first-order valence-corrected chi connectivity index (χ1v) is 9.52. The largest absolute Gasteiger partial charge is 0.180 e. The van der Waals surface area contributed by atoms with E-state index in [1.165, 1.54) is 24.5 Å². The summed E-state index contributed by atoms with van der Waals surface area (Å²) in [5.41, 5.74) is 0. The molecule has 102 valence electrons. The Morgan fingerprint density at radius 2 is 1.19 bits per heavy atom. The van der Waals surface area contributed by atoms with Gasteiger partial charge in [-0.15, -0.1) is 0 Å². The van der Waals surface area contributed by atoms with E-state index in [1.54, 1.807) is 0 Å². The highest BCUT2D eigenvalue weighted by atomic mass is 79.9. The SMILES string of the molecule is Brc1ccc([S+]2c3ccccc3Sc3ccccc32)cc1. The first-order valence-electron chi connectivity index (χ1n) is 6.69. The number of hydrogen-bond donors (Lipinski definition) is 0. The fourth-order valence-electron chi connectivity index (χ4n) is 2.47. The van der Waals surface area contributed by atoms with Gasteiger partial charge in [0.15, 0.2) is 14.7 Å². The molecule has 0 nitrogen and oxygen atoms in total. The lowest BCUT2D eigenvalue weighted by molar-refractivity contribution is 1.12. The van der Waals surface area contributed by atoms with E-state index in [4.69, 9.17) is 0 Å². The van der Waals surface area contributed by atoms with Crippen molar-refractivity contribution >= 4 is 38.6 Å². The molecule has 0 unspecified atom stereocenters. The van der Waals surface area contributed by atoms with E-state index < -0.39 is 0 Å². The van der Waals surface area contributed by atoms with Gasteiger partial charge in [0.2, 0.25) is 0 Å². The second-order valence-corrected chi connectivity index (χ2v) is 8.72. The molecule has 1 aliphatic heterocycles. The van der Waals surface area contributed by atoms with Crippen LogP contribution >= 0.6 is 27.7 Å². The Bertz CT molecular complexity index is 751. The monoisotopic (exact) mass is 371 g/mol. The molecule has 3 aromatic carbocycles. The van der Waals surface area contributed by atoms with Crippen LogP contribution in [0.15, 0.2) is 102 Å². The number of fused-ring (bicyclic) bond motifs is 2. The maximum atomic E-state index is 3.53. The lowest BCUT2D eigenvalue weighted by Crippen LogP contribution is -2.10.